The minimum atomic E-state index is -0.338. The minimum absolute atomic E-state index is 0.338. The standard InChI is InChI=1S/C17H16N2O2/c1-9-13(17(20)21-2)8-14-12-5-3-4-11(10-6-7-10)15(12)19-16(14)18-9/h3-5,8,10H,6-7H2,1-2H3,(H,18,19). The number of nitrogens with one attached hydrogen (secondary N) is 1. The summed E-state index contributed by atoms with van der Waals surface area (Å²) in [4.78, 5) is 19.8. The molecule has 1 fully saturated rings. The second kappa shape index (κ2) is 4.32. The number of ether oxygens (including phenoxy) is 1. The van der Waals surface area contributed by atoms with Crippen LogP contribution < -0.4 is 0 Å². The fraction of sp³-hybridized carbons (Fsp3) is 0.294. The summed E-state index contributed by atoms with van der Waals surface area (Å²) in [7, 11) is 1.40. The molecule has 4 heteroatoms. The lowest BCUT2D eigenvalue weighted by molar-refractivity contribution is 0.0599. The monoisotopic (exact) mass is 280 g/mol. The van der Waals surface area contributed by atoms with Gasteiger partial charge in [-0.2, -0.15) is 0 Å². The van der Waals surface area contributed by atoms with E-state index in [-0.39, 0.29) is 5.97 Å². The third-order valence-corrected chi connectivity index (χ3v) is 4.27. The van der Waals surface area contributed by atoms with Crippen LogP contribution in [0.1, 0.15) is 40.4 Å². The number of hydrogen-bond donors (Lipinski definition) is 1. The zero-order valence-electron chi connectivity index (χ0n) is 12.1. The summed E-state index contributed by atoms with van der Waals surface area (Å²) in [6.45, 7) is 1.83. The number of nitrogens with zero attached hydrogens (tertiary/aromatic N) is 1. The van der Waals surface area contributed by atoms with E-state index in [0.29, 0.717) is 17.2 Å². The van der Waals surface area contributed by atoms with E-state index in [0.717, 1.165) is 21.9 Å². The van der Waals surface area contributed by atoms with Gasteiger partial charge < -0.3 is 9.72 Å². The summed E-state index contributed by atoms with van der Waals surface area (Å²) >= 11 is 0. The highest BCUT2D eigenvalue weighted by Gasteiger charge is 2.26. The molecule has 1 aromatic carbocycles. The molecule has 1 saturated carbocycles. The molecule has 1 aliphatic carbocycles. The molecular weight excluding hydrogens is 264 g/mol. The molecule has 0 radical (unpaired) electrons. The van der Waals surface area contributed by atoms with Gasteiger partial charge in [-0.3, -0.25) is 0 Å². The predicted octanol–water partition coefficient (Wildman–Crippen LogP) is 3.69. The van der Waals surface area contributed by atoms with Gasteiger partial charge in [0, 0.05) is 10.8 Å². The van der Waals surface area contributed by atoms with Gasteiger partial charge in [0.1, 0.15) is 5.65 Å². The maximum absolute atomic E-state index is 11.8. The Morgan fingerprint density at radius 1 is 1.33 bits per heavy atom. The first-order chi connectivity index (χ1) is 10.2. The summed E-state index contributed by atoms with van der Waals surface area (Å²) in [6, 6.07) is 8.24. The van der Waals surface area contributed by atoms with Crippen molar-refractivity contribution in [1.82, 2.24) is 9.97 Å². The van der Waals surface area contributed by atoms with Gasteiger partial charge in [0.25, 0.3) is 0 Å². The number of fused-ring (bicyclic) bond motifs is 3. The highest BCUT2D eigenvalue weighted by Crippen LogP contribution is 2.43. The van der Waals surface area contributed by atoms with Crippen LogP contribution in [-0.2, 0) is 4.74 Å². The molecule has 0 amide bonds. The zero-order chi connectivity index (χ0) is 14.6. The Kier molecular flexibility index (Phi) is 2.55. The smallest absolute Gasteiger partial charge is 0.339 e. The molecule has 4 nitrogen and oxygen atoms in total. The van der Waals surface area contributed by atoms with E-state index in [1.165, 1.54) is 25.5 Å². The Morgan fingerprint density at radius 3 is 2.86 bits per heavy atom. The van der Waals surface area contributed by atoms with Gasteiger partial charge in [-0.15, -0.1) is 0 Å². The number of H-pyrrole nitrogens is 1. The number of esters is 1. The van der Waals surface area contributed by atoms with Crippen molar-refractivity contribution in [1.29, 1.82) is 0 Å². The van der Waals surface area contributed by atoms with Gasteiger partial charge in [0.15, 0.2) is 0 Å². The number of rotatable bonds is 2. The van der Waals surface area contributed by atoms with Gasteiger partial charge in [-0.25, -0.2) is 9.78 Å². The third kappa shape index (κ3) is 1.82. The number of aryl methyl sites for hydroxylation is 1. The topological polar surface area (TPSA) is 55.0 Å². The average Bonchev–Trinajstić information content (AvgIpc) is 3.26. The molecule has 0 saturated heterocycles. The molecule has 0 atom stereocenters. The highest BCUT2D eigenvalue weighted by molar-refractivity contribution is 6.09. The number of benzene rings is 1. The Balaban J connectivity index is 2.04. The molecule has 2 aromatic heterocycles. The van der Waals surface area contributed by atoms with Gasteiger partial charge >= 0.3 is 5.97 Å². The molecule has 2 heterocycles. The molecular formula is C17H16N2O2. The number of aromatic nitrogens is 2. The first kappa shape index (κ1) is 12.4. The first-order valence-electron chi connectivity index (χ1n) is 7.19. The van der Waals surface area contributed by atoms with Crippen LogP contribution in [0.2, 0.25) is 0 Å². The van der Waals surface area contributed by atoms with Gasteiger partial charge in [-0.05, 0) is 37.3 Å². The molecule has 4 rings (SSSR count). The van der Waals surface area contributed by atoms with E-state index in [9.17, 15) is 4.79 Å². The quantitative estimate of drug-likeness (QED) is 0.728. The molecule has 21 heavy (non-hydrogen) atoms. The van der Waals surface area contributed by atoms with Gasteiger partial charge in [0.2, 0.25) is 0 Å². The van der Waals surface area contributed by atoms with E-state index in [2.05, 4.69) is 28.2 Å². The number of aromatic amines is 1. The molecule has 0 spiro atoms. The SMILES string of the molecule is COC(=O)c1cc2c(nc1C)[nH]c1c(C3CC3)cccc12. The van der Waals surface area contributed by atoms with Gasteiger partial charge in [0.05, 0.1) is 23.9 Å². The molecule has 3 aromatic rings. The van der Waals surface area contributed by atoms with Crippen LogP contribution in [0.4, 0.5) is 0 Å². The number of hydrogen-bond acceptors (Lipinski definition) is 3. The van der Waals surface area contributed by atoms with Crippen LogP contribution in [0.15, 0.2) is 24.3 Å². The average molecular weight is 280 g/mol. The summed E-state index contributed by atoms with van der Waals surface area (Å²) < 4.78 is 4.84. The Labute approximate surface area is 122 Å². The van der Waals surface area contributed by atoms with Crippen molar-refractivity contribution in [2.45, 2.75) is 25.7 Å². The normalized spacial score (nSPS) is 14.8. The van der Waals surface area contributed by atoms with Crippen LogP contribution in [0.25, 0.3) is 21.9 Å². The number of pyridine rings is 1. The van der Waals surface area contributed by atoms with Crippen molar-refractivity contribution in [3.63, 3.8) is 0 Å². The largest absolute Gasteiger partial charge is 0.465 e. The van der Waals surface area contributed by atoms with E-state index >= 15 is 0 Å². The van der Waals surface area contributed by atoms with Gasteiger partial charge in [-0.1, -0.05) is 18.2 Å². The van der Waals surface area contributed by atoms with E-state index < -0.39 is 0 Å². The lowest BCUT2D eigenvalue weighted by atomic mass is 10.1. The number of para-hydroxylation sites is 1. The van der Waals surface area contributed by atoms with Crippen molar-refractivity contribution in [3.05, 3.63) is 41.1 Å². The lowest BCUT2D eigenvalue weighted by Crippen LogP contribution is -2.05. The fourth-order valence-electron chi connectivity index (χ4n) is 3.01. The van der Waals surface area contributed by atoms with E-state index in [4.69, 9.17) is 4.74 Å². The summed E-state index contributed by atoms with van der Waals surface area (Å²) in [5, 5.41) is 2.12. The highest BCUT2D eigenvalue weighted by atomic mass is 16.5. The van der Waals surface area contributed by atoms with Crippen LogP contribution in [-0.4, -0.2) is 23.0 Å². The van der Waals surface area contributed by atoms with Crippen molar-refractivity contribution in [2.75, 3.05) is 7.11 Å². The van der Waals surface area contributed by atoms with E-state index in [1.807, 2.05) is 13.0 Å². The molecule has 1 N–H and O–H groups in total. The maximum atomic E-state index is 11.8. The maximum Gasteiger partial charge on any atom is 0.339 e. The second-order valence-corrected chi connectivity index (χ2v) is 5.68. The minimum Gasteiger partial charge on any atom is -0.465 e. The molecule has 0 bridgehead atoms. The van der Waals surface area contributed by atoms with Crippen molar-refractivity contribution < 1.29 is 9.53 Å². The number of carbonyl (C=O) groups is 1. The zero-order valence-corrected chi connectivity index (χ0v) is 12.1. The Bertz CT molecular complexity index is 875. The summed E-state index contributed by atoms with van der Waals surface area (Å²) in [5.41, 5.74) is 4.58. The fourth-order valence-corrected chi connectivity index (χ4v) is 3.01. The molecule has 0 aliphatic heterocycles. The van der Waals surface area contributed by atoms with Crippen LogP contribution in [0.5, 0.6) is 0 Å². The van der Waals surface area contributed by atoms with Crippen LogP contribution >= 0.6 is 0 Å². The first-order valence-corrected chi connectivity index (χ1v) is 7.19. The summed E-state index contributed by atoms with van der Waals surface area (Å²) in [6.07, 6.45) is 2.52. The second-order valence-electron chi connectivity index (χ2n) is 5.68. The van der Waals surface area contributed by atoms with Crippen LogP contribution in [0.3, 0.4) is 0 Å². The van der Waals surface area contributed by atoms with Crippen molar-refractivity contribution >= 4 is 27.9 Å². The van der Waals surface area contributed by atoms with E-state index in [1.54, 1.807) is 0 Å². The Hall–Kier alpha value is -2.36. The van der Waals surface area contributed by atoms with Crippen LogP contribution in [0, 0.1) is 6.92 Å². The molecule has 0 unspecified atom stereocenters. The number of carbonyl (C=O) groups excluding carboxylic acids is 1. The van der Waals surface area contributed by atoms with Crippen molar-refractivity contribution in [3.8, 4) is 0 Å². The van der Waals surface area contributed by atoms with Crippen molar-refractivity contribution in [2.24, 2.45) is 0 Å². The number of methoxy groups -OCH3 is 1. The summed E-state index contributed by atoms with van der Waals surface area (Å²) in [5.74, 6) is 0.331. The molecule has 1 aliphatic rings. The third-order valence-electron chi connectivity index (χ3n) is 4.27. The molecule has 106 valence electrons. The Morgan fingerprint density at radius 2 is 2.14 bits per heavy atom. The lowest BCUT2D eigenvalue weighted by Gasteiger charge is -2.03. The predicted molar refractivity (Wildman–Crippen MR) is 81.7 cm³/mol.